The number of rotatable bonds is 5. The van der Waals surface area contributed by atoms with E-state index in [1.807, 2.05) is 41.3 Å². The summed E-state index contributed by atoms with van der Waals surface area (Å²) >= 11 is 4.77. The molecule has 4 rings (SSSR count). The Morgan fingerprint density at radius 3 is 2.83 bits per heavy atom. The third kappa shape index (κ3) is 4.12. The molecule has 0 atom stereocenters. The summed E-state index contributed by atoms with van der Waals surface area (Å²) in [5.41, 5.74) is 2.79. The Morgan fingerprint density at radius 1 is 1.24 bits per heavy atom. The Morgan fingerprint density at radius 2 is 2.03 bits per heavy atom. The fraction of sp³-hybridized carbons (Fsp3) is 0.318. The monoisotopic (exact) mass is 471 g/mol. The Bertz CT molecular complexity index is 1140. The van der Waals surface area contributed by atoms with E-state index in [-0.39, 0.29) is 17.2 Å². The molecule has 29 heavy (non-hydrogen) atoms. The molecule has 0 N–H and O–H groups in total. The quantitative estimate of drug-likeness (QED) is 0.406. The predicted molar refractivity (Wildman–Crippen MR) is 122 cm³/mol. The zero-order valence-electron chi connectivity index (χ0n) is 16.4. The van der Waals surface area contributed by atoms with Crippen LogP contribution < -0.4 is 10.5 Å². The highest BCUT2D eigenvalue weighted by Gasteiger charge is 2.24. The number of para-hydroxylation sites is 1. The number of carbonyl (C=O) groups excluding carboxylic acids is 1. The van der Waals surface area contributed by atoms with Crippen LogP contribution in [-0.4, -0.2) is 27.8 Å². The van der Waals surface area contributed by atoms with Gasteiger partial charge in [0.25, 0.3) is 5.56 Å². The van der Waals surface area contributed by atoms with E-state index >= 15 is 0 Å². The molecule has 0 saturated heterocycles. The van der Waals surface area contributed by atoms with Crippen LogP contribution in [0.5, 0.6) is 0 Å². The minimum Gasteiger partial charge on any atom is -0.311 e. The molecule has 1 aliphatic heterocycles. The van der Waals surface area contributed by atoms with E-state index in [1.54, 1.807) is 4.57 Å². The first kappa shape index (κ1) is 20.2. The number of halogens is 1. The number of carbonyl (C=O) groups is 1. The van der Waals surface area contributed by atoms with Gasteiger partial charge in [-0.2, -0.15) is 0 Å². The fourth-order valence-electron chi connectivity index (χ4n) is 3.61. The number of benzene rings is 2. The molecule has 0 radical (unpaired) electrons. The molecular weight excluding hydrogens is 450 g/mol. The largest absolute Gasteiger partial charge is 0.311 e. The minimum atomic E-state index is -0.0635. The highest BCUT2D eigenvalue weighted by molar-refractivity contribution is 9.10. The van der Waals surface area contributed by atoms with Crippen LogP contribution in [0.25, 0.3) is 10.9 Å². The molecule has 7 heteroatoms. The fourth-order valence-corrected chi connectivity index (χ4v) is 4.86. The predicted octanol–water partition coefficient (Wildman–Crippen LogP) is 4.50. The van der Waals surface area contributed by atoms with Gasteiger partial charge in [-0.1, -0.05) is 59.7 Å². The molecule has 0 unspecified atom stereocenters. The lowest BCUT2D eigenvalue weighted by Crippen LogP contribution is -2.31. The van der Waals surface area contributed by atoms with Gasteiger partial charge in [-0.3, -0.25) is 14.2 Å². The highest BCUT2D eigenvalue weighted by atomic mass is 79.9. The van der Waals surface area contributed by atoms with Crippen molar-refractivity contribution in [3.05, 3.63) is 62.9 Å². The Kier molecular flexibility index (Phi) is 5.79. The number of thioether (sulfide) groups is 1. The van der Waals surface area contributed by atoms with E-state index in [2.05, 4.69) is 35.8 Å². The molecule has 0 fully saturated rings. The molecule has 3 aromatic rings. The van der Waals surface area contributed by atoms with Crippen LogP contribution in [0.4, 0.5) is 5.69 Å². The van der Waals surface area contributed by atoms with Crippen LogP contribution in [0.15, 0.2) is 56.9 Å². The number of amides is 1. The summed E-state index contributed by atoms with van der Waals surface area (Å²) in [6, 6.07) is 13.5. The number of nitrogens with zero attached hydrogens (tertiary/aromatic N) is 3. The summed E-state index contributed by atoms with van der Waals surface area (Å²) in [7, 11) is 0. The SMILES string of the molecule is CC(C)Cn1c(SCC(=O)N2CCc3ccccc32)nc2ccc(Br)cc2c1=O. The number of hydrogen-bond donors (Lipinski definition) is 0. The molecule has 1 aliphatic rings. The Balaban J connectivity index is 1.62. The third-order valence-corrected chi connectivity index (χ3v) is 6.40. The van der Waals surface area contributed by atoms with Crippen molar-refractivity contribution in [1.29, 1.82) is 0 Å². The van der Waals surface area contributed by atoms with Crippen LogP contribution in [0.1, 0.15) is 19.4 Å². The lowest BCUT2D eigenvalue weighted by molar-refractivity contribution is -0.116. The van der Waals surface area contributed by atoms with Gasteiger partial charge in [-0.15, -0.1) is 0 Å². The molecule has 2 heterocycles. The van der Waals surface area contributed by atoms with Crippen molar-refractivity contribution in [2.24, 2.45) is 5.92 Å². The van der Waals surface area contributed by atoms with Crippen molar-refractivity contribution in [2.75, 3.05) is 17.2 Å². The summed E-state index contributed by atoms with van der Waals surface area (Å²) in [6.07, 6.45) is 0.883. The summed E-state index contributed by atoms with van der Waals surface area (Å²) < 4.78 is 2.55. The van der Waals surface area contributed by atoms with Crippen LogP contribution in [0, 0.1) is 5.92 Å². The van der Waals surface area contributed by atoms with Crippen LogP contribution in [-0.2, 0) is 17.8 Å². The molecule has 5 nitrogen and oxygen atoms in total. The van der Waals surface area contributed by atoms with Gasteiger partial charge in [0.05, 0.1) is 16.7 Å². The molecule has 1 aromatic heterocycles. The van der Waals surface area contributed by atoms with Crippen molar-refractivity contribution in [3.8, 4) is 0 Å². The van der Waals surface area contributed by atoms with Crippen LogP contribution in [0.3, 0.4) is 0 Å². The average Bonchev–Trinajstić information content (AvgIpc) is 3.13. The number of hydrogen-bond acceptors (Lipinski definition) is 4. The number of fused-ring (bicyclic) bond motifs is 2. The standard InChI is InChI=1S/C22H22BrN3O2S/c1-14(2)12-26-21(28)17-11-16(23)7-8-18(17)24-22(26)29-13-20(27)25-10-9-15-5-3-4-6-19(15)25/h3-8,11,14H,9-10,12-13H2,1-2H3. The Labute approximate surface area is 182 Å². The lowest BCUT2D eigenvalue weighted by Gasteiger charge is -2.18. The molecule has 0 spiro atoms. The zero-order chi connectivity index (χ0) is 20.5. The van der Waals surface area contributed by atoms with E-state index in [1.165, 1.54) is 17.3 Å². The first-order valence-corrected chi connectivity index (χ1v) is 11.4. The molecule has 150 valence electrons. The molecule has 1 amide bonds. The number of aromatic nitrogens is 2. The maximum atomic E-state index is 13.1. The van der Waals surface area contributed by atoms with Gasteiger partial charge >= 0.3 is 0 Å². The average molecular weight is 472 g/mol. The summed E-state index contributed by atoms with van der Waals surface area (Å²) in [4.78, 5) is 32.5. The summed E-state index contributed by atoms with van der Waals surface area (Å²) in [5, 5.41) is 1.18. The van der Waals surface area contributed by atoms with Crippen molar-refractivity contribution in [2.45, 2.75) is 32.0 Å². The van der Waals surface area contributed by atoms with Crippen molar-refractivity contribution in [1.82, 2.24) is 9.55 Å². The van der Waals surface area contributed by atoms with Gasteiger partial charge < -0.3 is 4.90 Å². The van der Waals surface area contributed by atoms with E-state index in [9.17, 15) is 9.59 Å². The second kappa shape index (κ2) is 8.32. The van der Waals surface area contributed by atoms with Gasteiger partial charge in [0.15, 0.2) is 5.16 Å². The van der Waals surface area contributed by atoms with E-state index in [0.717, 1.165) is 16.6 Å². The van der Waals surface area contributed by atoms with Crippen molar-refractivity contribution in [3.63, 3.8) is 0 Å². The molecule has 0 saturated carbocycles. The summed E-state index contributed by atoms with van der Waals surface area (Å²) in [5.74, 6) is 0.585. The third-order valence-electron chi connectivity index (χ3n) is 4.94. The molecule has 0 bridgehead atoms. The lowest BCUT2D eigenvalue weighted by atomic mass is 10.2. The topological polar surface area (TPSA) is 55.2 Å². The zero-order valence-corrected chi connectivity index (χ0v) is 18.8. The van der Waals surface area contributed by atoms with Crippen molar-refractivity contribution < 1.29 is 4.79 Å². The van der Waals surface area contributed by atoms with Gasteiger partial charge in [-0.25, -0.2) is 4.98 Å². The smallest absolute Gasteiger partial charge is 0.262 e. The van der Waals surface area contributed by atoms with Crippen molar-refractivity contribution >= 4 is 50.2 Å². The molecular formula is C22H22BrN3O2S. The van der Waals surface area contributed by atoms with Gasteiger partial charge in [0.1, 0.15) is 0 Å². The van der Waals surface area contributed by atoms with E-state index in [4.69, 9.17) is 4.98 Å². The Hall–Kier alpha value is -2.12. The normalized spacial score (nSPS) is 13.3. The molecule has 2 aromatic carbocycles. The van der Waals surface area contributed by atoms with Gasteiger partial charge in [0, 0.05) is 23.2 Å². The van der Waals surface area contributed by atoms with Crippen LogP contribution in [0.2, 0.25) is 0 Å². The minimum absolute atomic E-state index is 0.0428. The maximum Gasteiger partial charge on any atom is 0.262 e. The second-order valence-electron chi connectivity index (χ2n) is 7.58. The highest BCUT2D eigenvalue weighted by Crippen LogP contribution is 2.29. The number of anilines is 1. The van der Waals surface area contributed by atoms with E-state index < -0.39 is 0 Å². The summed E-state index contributed by atoms with van der Waals surface area (Å²) in [6.45, 7) is 5.41. The van der Waals surface area contributed by atoms with Gasteiger partial charge in [-0.05, 0) is 42.2 Å². The molecule has 0 aliphatic carbocycles. The second-order valence-corrected chi connectivity index (χ2v) is 9.44. The van der Waals surface area contributed by atoms with Gasteiger partial charge in [0.2, 0.25) is 5.91 Å². The van der Waals surface area contributed by atoms with Crippen LogP contribution >= 0.6 is 27.7 Å². The maximum absolute atomic E-state index is 13.1. The first-order chi connectivity index (χ1) is 13.9. The van der Waals surface area contributed by atoms with E-state index in [0.29, 0.717) is 35.1 Å². The first-order valence-electron chi connectivity index (χ1n) is 9.65.